The van der Waals surface area contributed by atoms with E-state index < -0.39 is 60.0 Å². The first-order valence-electron chi connectivity index (χ1n) is 14.3. The molecule has 3 rings (SSSR count). The van der Waals surface area contributed by atoms with Gasteiger partial charge < -0.3 is 51.6 Å². The van der Waals surface area contributed by atoms with Crippen LogP contribution in [0.2, 0.25) is 0 Å². The summed E-state index contributed by atoms with van der Waals surface area (Å²) < 4.78 is 5.77. The van der Waals surface area contributed by atoms with Gasteiger partial charge in [0.2, 0.25) is 5.91 Å². The quantitative estimate of drug-likeness (QED) is 0.0418. The molecule has 242 valence electrons. The lowest BCUT2D eigenvalue weighted by Crippen LogP contribution is -2.42. The largest absolute Gasteiger partial charge is 0.481 e. The molecule has 0 spiro atoms. The fourth-order valence-corrected chi connectivity index (χ4v) is 5.71. The third kappa shape index (κ3) is 9.87. The van der Waals surface area contributed by atoms with Gasteiger partial charge in [0.15, 0.2) is 17.9 Å². The number of carbonyl (C=O) groups excluding carboxylic acids is 3. The number of aliphatic hydroxyl groups is 2. The lowest BCUT2D eigenvalue weighted by Gasteiger charge is -2.32. The molecule has 44 heavy (non-hydrogen) atoms. The highest BCUT2D eigenvalue weighted by molar-refractivity contribution is 5.90. The second kappa shape index (κ2) is 15.4. The summed E-state index contributed by atoms with van der Waals surface area (Å²) in [6, 6.07) is -1.58. The van der Waals surface area contributed by atoms with E-state index in [9.17, 15) is 39.3 Å². The highest BCUT2D eigenvalue weighted by Crippen LogP contribution is 2.41. The Labute approximate surface area is 252 Å². The zero-order valence-electron chi connectivity index (χ0n) is 24.1. The Morgan fingerprint density at radius 2 is 1.95 bits per heavy atom. The second-order valence-electron chi connectivity index (χ2n) is 11.3. The van der Waals surface area contributed by atoms with Crippen molar-refractivity contribution in [2.45, 2.75) is 88.6 Å². The zero-order valence-corrected chi connectivity index (χ0v) is 24.1. The number of rotatable bonds is 15. The van der Waals surface area contributed by atoms with Crippen LogP contribution in [0, 0.1) is 17.8 Å². The standard InChI is InChI=1S/C28H39N5O11/c29-27(30)31-17-5-1-16(2-6-17)26(42)43-18-7-3-15(4-8-22(35)32-20(25(40)41)12-23(36)37)19(11-18)21-13-28(9-10-34,44-33-21)14-24(38)39/h5,7,10,15-16,19-20,24,38-39H,1-4,6,8-9,11-14H2,(H,32,35)(H,36,37)(H,40,41)(H4,29,30,31)/t15-,16+,19-,20-,28?/m0/s1. The number of ether oxygens (including phenoxy) is 1. The molecule has 0 saturated carbocycles. The van der Waals surface area contributed by atoms with Crippen LogP contribution in [0.3, 0.4) is 0 Å². The van der Waals surface area contributed by atoms with Crippen LogP contribution < -0.4 is 16.8 Å². The van der Waals surface area contributed by atoms with E-state index in [-0.39, 0.29) is 50.4 Å². The third-order valence-corrected chi connectivity index (χ3v) is 7.92. The number of nitrogens with two attached hydrogens (primary N) is 2. The van der Waals surface area contributed by atoms with Gasteiger partial charge in [0.25, 0.3) is 0 Å². The van der Waals surface area contributed by atoms with Crippen LogP contribution in [0.25, 0.3) is 0 Å². The average molecular weight is 622 g/mol. The summed E-state index contributed by atoms with van der Waals surface area (Å²) >= 11 is 0. The molecule has 0 bridgehead atoms. The number of guanidine groups is 1. The van der Waals surface area contributed by atoms with Crippen molar-refractivity contribution in [2.24, 2.45) is 39.4 Å². The van der Waals surface area contributed by atoms with Crippen molar-refractivity contribution in [3.63, 3.8) is 0 Å². The highest BCUT2D eigenvalue weighted by atomic mass is 16.7. The van der Waals surface area contributed by atoms with Gasteiger partial charge in [-0.1, -0.05) is 11.2 Å². The van der Waals surface area contributed by atoms with Crippen LogP contribution in [0.5, 0.6) is 0 Å². The summed E-state index contributed by atoms with van der Waals surface area (Å²) in [6.07, 6.45) is 3.37. The molecule has 0 aromatic carbocycles. The SMILES string of the molecule is NC(N)=NC1=CC[C@@H](C(=O)OC2=CC[C@@H](CCC(=O)N[C@@H](CC(=O)O)C(=O)O)[C@@H](C3=NOC(CC=O)(CC(O)O)C3)C2)CC1. The molecular weight excluding hydrogens is 582 g/mol. The molecule has 3 aliphatic rings. The summed E-state index contributed by atoms with van der Waals surface area (Å²) in [4.78, 5) is 68.8. The van der Waals surface area contributed by atoms with E-state index in [0.717, 1.165) is 0 Å². The summed E-state index contributed by atoms with van der Waals surface area (Å²) in [5.74, 6) is -4.66. The first kappa shape index (κ1) is 34.2. The lowest BCUT2D eigenvalue weighted by atomic mass is 9.74. The average Bonchev–Trinajstić information content (AvgIpc) is 3.34. The van der Waals surface area contributed by atoms with Gasteiger partial charge in [-0.15, -0.1) is 0 Å². The number of aliphatic hydroxyl groups excluding tert-OH is 1. The first-order valence-corrected chi connectivity index (χ1v) is 14.3. The molecule has 5 atom stereocenters. The lowest BCUT2D eigenvalue weighted by molar-refractivity contribution is -0.147. The number of nitrogens with zero attached hydrogens (tertiary/aromatic N) is 2. The Morgan fingerprint density at radius 1 is 1.20 bits per heavy atom. The van der Waals surface area contributed by atoms with Crippen molar-refractivity contribution in [3.05, 3.63) is 23.6 Å². The molecule has 0 saturated heterocycles. The van der Waals surface area contributed by atoms with Crippen molar-refractivity contribution in [1.29, 1.82) is 0 Å². The smallest absolute Gasteiger partial charge is 0.326 e. The van der Waals surface area contributed by atoms with E-state index in [0.29, 0.717) is 49.1 Å². The Hall–Kier alpha value is -4.31. The highest BCUT2D eigenvalue weighted by Gasteiger charge is 2.45. The maximum Gasteiger partial charge on any atom is 0.326 e. The number of hydrogen-bond donors (Lipinski definition) is 7. The van der Waals surface area contributed by atoms with Crippen LogP contribution in [0.15, 0.2) is 33.8 Å². The molecular formula is C28H39N5O11. The summed E-state index contributed by atoms with van der Waals surface area (Å²) in [5, 5.41) is 43.7. The first-order chi connectivity index (χ1) is 20.8. The van der Waals surface area contributed by atoms with Crippen molar-refractivity contribution in [1.82, 2.24) is 5.32 Å². The number of hydrogen-bond acceptors (Lipinski definition) is 11. The van der Waals surface area contributed by atoms with E-state index in [1.807, 2.05) is 0 Å². The van der Waals surface area contributed by atoms with E-state index in [1.54, 1.807) is 12.2 Å². The van der Waals surface area contributed by atoms with Gasteiger partial charge in [0, 0.05) is 43.7 Å². The fraction of sp³-hybridized carbons (Fsp3) is 0.607. The van der Waals surface area contributed by atoms with E-state index >= 15 is 0 Å². The van der Waals surface area contributed by atoms with Gasteiger partial charge in [0.05, 0.1) is 18.1 Å². The fourth-order valence-electron chi connectivity index (χ4n) is 5.71. The van der Waals surface area contributed by atoms with Crippen LogP contribution in [-0.2, 0) is 33.5 Å². The topological polar surface area (TPSA) is 274 Å². The number of aliphatic imine (C=N–C) groups is 1. The van der Waals surface area contributed by atoms with Crippen LogP contribution in [0.4, 0.5) is 0 Å². The van der Waals surface area contributed by atoms with Gasteiger partial charge in [-0.05, 0) is 44.1 Å². The molecule has 0 fully saturated rings. The Morgan fingerprint density at radius 3 is 2.55 bits per heavy atom. The number of carboxylic acids is 2. The van der Waals surface area contributed by atoms with Crippen LogP contribution >= 0.6 is 0 Å². The zero-order chi connectivity index (χ0) is 32.4. The number of allylic oxidation sites excluding steroid dienone is 4. The number of oxime groups is 1. The van der Waals surface area contributed by atoms with E-state index in [2.05, 4.69) is 15.5 Å². The molecule has 2 aliphatic carbocycles. The van der Waals surface area contributed by atoms with Crippen molar-refractivity contribution in [2.75, 3.05) is 0 Å². The van der Waals surface area contributed by atoms with Gasteiger partial charge in [-0.25, -0.2) is 9.79 Å². The van der Waals surface area contributed by atoms with Gasteiger partial charge in [-0.3, -0.25) is 14.4 Å². The van der Waals surface area contributed by atoms with Crippen molar-refractivity contribution in [3.8, 4) is 0 Å². The number of nitrogens with one attached hydrogen (secondary N) is 1. The molecule has 1 aliphatic heterocycles. The number of carboxylic acid groups (broad SMARTS) is 2. The van der Waals surface area contributed by atoms with Gasteiger partial charge >= 0.3 is 17.9 Å². The molecule has 0 aromatic rings. The molecule has 9 N–H and O–H groups in total. The number of aliphatic carboxylic acids is 2. The molecule has 1 heterocycles. The van der Waals surface area contributed by atoms with Crippen LogP contribution in [-0.4, -0.2) is 80.1 Å². The van der Waals surface area contributed by atoms with Crippen molar-refractivity contribution >= 4 is 41.8 Å². The summed E-state index contributed by atoms with van der Waals surface area (Å²) in [5.41, 5.74) is 10.8. The maximum atomic E-state index is 13.0. The van der Waals surface area contributed by atoms with E-state index in [4.69, 9.17) is 26.1 Å². The maximum absolute atomic E-state index is 13.0. The van der Waals surface area contributed by atoms with Crippen molar-refractivity contribution < 1.29 is 54.0 Å². The molecule has 0 aromatic heterocycles. The monoisotopic (exact) mass is 621 g/mol. The number of amides is 1. The molecule has 1 amide bonds. The minimum Gasteiger partial charge on any atom is -0.481 e. The minimum atomic E-state index is -1.75. The Bertz CT molecular complexity index is 1240. The molecule has 0 radical (unpaired) electrons. The second-order valence-corrected chi connectivity index (χ2v) is 11.3. The third-order valence-electron chi connectivity index (χ3n) is 7.92. The molecule has 1 unspecified atom stereocenters. The van der Waals surface area contributed by atoms with E-state index in [1.165, 1.54) is 0 Å². The van der Waals surface area contributed by atoms with Gasteiger partial charge in [0.1, 0.15) is 18.1 Å². The molecule has 16 heteroatoms. The minimum absolute atomic E-state index is 0.0610. The molecule has 16 nitrogen and oxygen atoms in total. The summed E-state index contributed by atoms with van der Waals surface area (Å²) in [7, 11) is 0. The summed E-state index contributed by atoms with van der Waals surface area (Å²) in [6.45, 7) is 0. The number of carbonyl (C=O) groups is 5. The Kier molecular flexibility index (Phi) is 12.0. The predicted molar refractivity (Wildman–Crippen MR) is 152 cm³/mol. The Balaban J connectivity index is 1.73. The number of aldehydes is 1. The van der Waals surface area contributed by atoms with Crippen LogP contribution in [0.1, 0.15) is 70.6 Å². The normalized spacial score (nSPS) is 25.4. The number of esters is 1. The van der Waals surface area contributed by atoms with Gasteiger partial charge in [-0.2, -0.15) is 0 Å². The predicted octanol–water partition coefficient (Wildman–Crippen LogP) is 0.0263.